The van der Waals surface area contributed by atoms with E-state index in [0.29, 0.717) is 27.0 Å². The van der Waals surface area contributed by atoms with Gasteiger partial charge in [0.1, 0.15) is 23.6 Å². The van der Waals surface area contributed by atoms with E-state index in [9.17, 15) is 9.59 Å². The molecule has 0 fully saturated rings. The molecule has 0 aliphatic heterocycles. The van der Waals surface area contributed by atoms with E-state index in [2.05, 4.69) is 5.10 Å². The fraction of sp³-hybridized carbons (Fsp3) is 0.115. The number of rotatable bonds is 7. The average molecular weight is 511 g/mol. The highest BCUT2D eigenvalue weighted by atomic mass is 35.5. The number of aromatic nitrogens is 2. The number of methoxy groups -OCH3 is 2. The van der Waals surface area contributed by atoms with Crippen molar-refractivity contribution < 1.29 is 23.8 Å². The number of benzene rings is 3. The van der Waals surface area contributed by atoms with Gasteiger partial charge in [-0.1, -0.05) is 53.5 Å². The Bertz CT molecular complexity index is 1370. The molecule has 4 aromatic rings. The molecule has 0 atom stereocenters. The van der Waals surface area contributed by atoms with Crippen LogP contribution in [-0.4, -0.2) is 35.9 Å². The fourth-order valence-corrected chi connectivity index (χ4v) is 3.80. The summed E-state index contributed by atoms with van der Waals surface area (Å²) in [6.07, 6.45) is 0. The van der Waals surface area contributed by atoms with Gasteiger partial charge in [-0.05, 0) is 48.0 Å². The molecule has 0 amide bonds. The molecule has 0 spiro atoms. The van der Waals surface area contributed by atoms with E-state index < -0.39 is 11.9 Å². The quantitative estimate of drug-likeness (QED) is 0.283. The highest BCUT2D eigenvalue weighted by molar-refractivity contribution is 6.31. The Morgan fingerprint density at radius 3 is 2.17 bits per heavy atom. The van der Waals surface area contributed by atoms with Crippen molar-refractivity contribution in [3.63, 3.8) is 0 Å². The SMILES string of the molecule is COC(=O)c1c(-c2cc(Cl)ccc2OCc2ccc(Cl)cc2)nn(-c2ccccc2)c1C(=O)OC. The van der Waals surface area contributed by atoms with Crippen molar-refractivity contribution >= 4 is 35.1 Å². The van der Waals surface area contributed by atoms with Gasteiger partial charge in [0, 0.05) is 15.6 Å². The second-order valence-electron chi connectivity index (χ2n) is 7.36. The average Bonchev–Trinajstić information content (AvgIpc) is 3.29. The highest BCUT2D eigenvalue weighted by Gasteiger charge is 2.32. The van der Waals surface area contributed by atoms with Crippen molar-refractivity contribution in [2.75, 3.05) is 14.2 Å². The van der Waals surface area contributed by atoms with Crippen LogP contribution in [-0.2, 0) is 16.1 Å². The Hall–Kier alpha value is -3.81. The van der Waals surface area contributed by atoms with E-state index in [1.807, 2.05) is 18.2 Å². The predicted molar refractivity (Wildman–Crippen MR) is 132 cm³/mol. The van der Waals surface area contributed by atoms with Crippen LogP contribution < -0.4 is 4.74 Å². The summed E-state index contributed by atoms with van der Waals surface area (Å²) in [7, 11) is 2.45. The molecule has 35 heavy (non-hydrogen) atoms. The lowest BCUT2D eigenvalue weighted by Crippen LogP contribution is -2.15. The number of carbonyl (C=O) groups excluding carboxylic acids is 2. The topological polar surface area (TPSA) is 79.7 Å². The van der Waals surface area contributed by atoms with Crippen LogP contribution in [0.5, 0.6) is 5.75 Å². The lowest BCUT2D eigenvalue weighted by atomic mass is 10.0. The van der Waals surface area contributed by atoms with Gasteiger partial charge in [-0.3, -0.25) is 0 Å². The largest absolute Gasteiger partial charge is 0.488 e. The maximum atomic E-state index is 12.9. The molecule has 0 aliphatic carbocycles. The van der Waals surface area contributed by atoms with Crippen molar-refractivity contribution in [2.24, 2.45) is 0 Å². The molecule has 0 saturated carbocycles. The van der Waals surface area contributed by atoms with Crippen LogP contribution in [0.3, 0.4) is 0 Å². The molecule has 9 heteroatoms. The number of halogens is 2. The van der Waals surface area contributed by atoms with Crippen LogP contribution in [0.4, 0.5) is 0 Å². The Morgan fingerprint density at radius 2 is 1.51 bits per heavy atom. The molecule has 3 aromatic carbocycles. The van der Waals surface area contributed by atoms with Crippen LogP contribution >= 0.6 is 23.2 Å². The van der Waals surface area contributed by atoms with E-state index in [0.717, 1.165) is 5.56 Å². The second-order valence-corrected chi connectivity index (χ2v) is 8.23. The lowest BCUT2D eigenvalue weighted by Gasteiger charge is -2.12. The maximum absolute atomic E-state index is 12.9. The number of hydrogen-bond donors (Lipinski definition) is 0. The molecule has 178 valence electrons. The van der Waals surface area contributed by atoms with Gasteiger partial charge in [-0.25, -0.2) is 14.3 Å². The molecule has 1 aromatic heterocycles. The molecular formula is C26H20Cl2N2O5. The van der Waals surface area contributed by atoms with Crippen molar-refractivity contribution in [3.8, 4) is 22.7 Å². The monoisotopic (exact) mass is 510 g/mol. The minimum absolute atomic E-state index is 0.0678. The summed E-state index contributed by atoms with van der Waals surface area (Å²) in [6, 6.07) is 21.1. The van der Waals surface area contributed by atoms with E-state index in [-0.39, 0.29) is 23.6 Å². The van der Waals surface area contributed by atoms with Crippen molar-refractivity contribution in [1.82, 2.24) is 9.78 Å². The molecule has 0 bridgehead atoms. The summed E-state index contributed by atoms with van der Waals surface area (Å²) in [6.45, 7) is 0.225. The highest BCUT2D eigenvalue weighted by Crippen LogP contribution is 2.37. The molecule has 0 aliphatic rings. The summed E-state index contributed by atoms with van der Waals surface area (Å²) >= 11 is 12.3. The zero-order valence-corrected chi connectivity index (χ0v) is 20.3. The molecular weight excluding hydrogens is 491 g/mol. The Morgan fingerprint density at radius 1 is 0.857 bits per heavy atom. The minimum Gasteiger partial charge on any atom is -0.488 e. The molecule has 0 N–H and O–H groups in total. The van der Waals surface area contributed by atoms with Crippen LogP contribution in [0.2, 0.25) is 10.0 Å². The van der Waals surface area contributed by atoms with Crippen molar-refractivity contribution in [2.45, 2.75) is 6.61 Å². The Labute approximate surface area is 211 Å². The maximum Gasteiger partial charge on any atom is 0.357 e. The summed E-state index contributed by atoms with van der Waals surface area (Å²) in [5.74, 6) is -1.10. The van der Waals surface area contributed by atoms with Gasteiger partial charge in [-0.15, -0.1) is 0 Å². The summed E-state index contributed by atoms with van der Waals surface area (Å²) in [5.41, 5.74) is 1.86. The fourth-order valence-electron chi connectivity index (χ4n) is 3.50. The van der Waals surface area contributed by atoms with Crippen LogP contribution in [0.15, 0.2) is 72.8 Å². The first kappa shape index (κ1) is 24.3. The van der Waals surface area contributed by atoms with Gasteiger partial charge in [0.15, 0.2) is 5.69 Å². The third kappa shape index (κ3) is 5.16. The van der Waals surface area contributed by atoms with Gasteiger partial charge in [-0.2, -0.15) is 5.10 Å². The van der Waals surface area contributed by atoms with Crippen molar-refractivity contribution in [3.05, 3.63) is 99.7 Å². The standard InChI is InChI=1S/C26H20Cl2N2O5/c1-33-25(31)22-23(29-30(24(22)26(32)34-2)19-6-4-3-5-7-19)20-14-18(28)12-13-21(20)35-15-16-8-10-17(27)11-9-16/h3-14H,15H2,1-2H3. The van der Waals surface area contributed by atoms with Gasteiger partial charge in [0.25, 0.3) is 0 Å². The molecule has 0 radical (unpaired) electrons. The van der Waals surface area contributed by atoms with E-state index in [1.54, 1.807) is 54.6 Å². The summed E-state index contributed by atoms with van der Waals surface area (Å²) in [5, 5.41) is 5.62. The molecule has 7 nitrogen and oxygen atoms in total. The number of nitrogens with zero attached hydrogens (tertiary/aromatic N) is 2. The first-order valence-electron chi connectivity index (χ1n) is 10.4. The van der Waals surface area contributed by atoms with Gasteiger partial charge >= 0.3 is 11.9 Å². The summed E-state index contributed by atoms with van der Waals surface area (Å²) in [4.78, 5) is 25.8. The number of ether oxygens (including phenoxy) is 3. The summed E-state index contributed by atoms with van der Waals surface area (Å²) < 4.78 is 17.4. The third-order valence-electron chi connectivity index (χ3n) is 5.16. The Kier molecular flexibility index (Phi) is 7.39. The second kappa shape index (κ2) is 10.6. The van der Waals surface area contributed by atoms with E-state index in [4.69, 9.17) is 37.4 Å². The molecule has 0 unspecified atom stereocenters. The molecule has 0 saturated heterocycles. The van der Waals surface area contributed by atoms with Gasteiger partial charge < -0.3 is 14.2 Å². The first-order valence-corrected chi connectivity index (χ1v) is 11.2. The molecule has 4 rings (SSSR count). The number of hydrogen-bond acceptors (Lipinski definition) is 6. The predicted octanol–water partition coefficient (Wildman–Crippen LogP) is 6.00. The number of para-hydroxylation sites is 1. The van der Waals surface area contributed by atoms with Crippen LogP contribution in [0, 0.1) is 0 Å². The normalized spacial score (nSPS) is 10.6. The smallest absolute Gasteiger partial charge is 0.357 e. The zero-order chi connectivity index (χ0) is 24.9. The van der Waals surface area contributed by atoms with E-state index in [1.165, 1.54) is 18.9 Å². The van der Waals surface area contributed by atoms with Crippen LogP contribution in [0.1, 0.15) is 26.4 Å². The number of carbonyl (C=O) groups is 2. The number of esters is 2. The van der Waals surface area contributed by atoms with Crippen LogP contribution in [0.25, 0.3) is 16.9 Å². The third-order valence-corrected chi connectivity index (χ3v) is 5.65. The van der Waals surface area contributed by atoms with Gasteiger partial charge in [0.2, 0.25) is 0 Å². The van der Waals surface area contributed by atoms with E-state index >= 15 is 0 Å². The van der Waals surface area contributed by atoms with Crippen molar-refractivity contribution in [1.29, 1.82) is 0 Å². The van der Waals surface area contributed by atoms with Gasteiger partial charge in [0.05, 0.1) is 19.9 Å². The first-order chi connectivity index (χ1) is 16.9. The molecule has 1 heterocycles. The lowest BCUT2D eigenvalue weighted by molar-refractivity contribution is 0.0549. The minimum atomic E-state index is -0.758. The Balaban J connectivity index is 1.89. The zero-order valence-electron chi connectivity index (χ0n) is 18.8.